The number of nitrogens with zero attached hydrogens (tertiary/aromatic N) is 2. The molecule has 0 spiro atoms. The Morgan fingerprint density at radius 1 is 1.50 bits per heavy atom. The molecule has 3 nitrogen and oxygen atoms in total. The molecule has 0 bridgehead atoms. The van der Waals surface area contributed by atoms with E-state index in [-0.39, 0.29) is 0 Å². The SMILES string of the molecule is CCn1c(CNC2CC2)nc(Br)c1Br. The Labute approximate surface area is 101 Å². The first-order valence-corrected chi connectivity index (χ1v) is 6.44. The molecule has 14 heavy (non-hydrogen) atoms. The maximum Gasteiger partial charge on any atom is 0.139 e. The molecule has 1 saturated carbocycles. The predicted octanol–water partition coefficient (Wildman–Crippen LogP) is 2.68. The first-order valence-electron chi connectivity index (χ1n) is 4.86. The van der Waals surface area contributed by atoms with Crippen LogP contribution in [0.5, 0.6) is 0 Å². The lowest BCUT2D eigenvalue weighted by Gasteiger charge is -2.06. The van der Waals surface area contributed by atoms with E-state index in [9.17, 15) is 0 Å². The molecule has 0 radical (unpaired) electrons. The molecule has 2 rings (SSSR count). The molecule has 0 amide bonds. The van der Waals surface area contributed by atoms with E-state index in [0.29, 0.717) is 0 Å². The van der Waals surface area contributed by atoms with Gasteiger partial charge in [0.05, 0.1) is 6.54 Å². The van der Waals surface area contributed by atoms with Crippen molar-refractivity contribution in [3.63, 3.8) is 0 Å². The van der Waals surface area contributed by atoms with Gasteiger partial charge in [0.15, 0.2) is 0 Å². The zero-order chi connectivity index (χ0) is 10.1. The van der Waals surface area contributed by atoms with Crippen molar-refractivity contribution in [2.24, 2.45) is 0 Å². The minimum Gasteiger partial charge on any atom is -0.321 e. The Kier molecular flexibility index (Phi) is 3.29. The van der Waals surface area contributed by atoms with Crippen LogP contribution in [0.3, 0.4) is 0 Å². The largest absolute Gasteiger partial charge is 0.321 e. The van der Waals surface area contributed by atoms with Gasteiger partial charge in [0.1, 0.15) is 15.0 Å². The smallest absolute Gasteiger partial charge is 0.139 e. The lowest BCUT2D eigenvalue weighted by Crippen LogP contribution is -2.18. The van der Waals surface area contributed by atoms with Gasteiger partial charge in [0, 0.05) is 12.6 Å². The Balaban J connectivity index is 2.09. The molecular formula is C9H13Br2N3. The Morgan fingerprint density at radius 2 is 2.21 bits per heavy atom. The highest BCUT2D eigenvalue weighted by atomic mass is 79.9. The molecule has 1 aromatic heterocycles. The van der Waals surface area contributed by atoms with Crippen LogP contribution < -0.4 is 5.32 Å². The van der Waals surface area contributed by atoms with Gasteiger partial charge in [-0.05, 0) is 51.6 Å². The van der Waals surface area contributed by atoms with Gasteiger partial charge in [-0.3, -0.25) is 0 Å². The van der Waals surface area contributed by atoms with Crippen molar-refractivity contribution in [1.82, 2.24) is 14.9 Å². The molecule has 0 aliphatic heterocycles. The van der Waals surface area contributed by atoms with Gasteiger partial charge >= 0.3 is 0 Å². The fourth-order valence-corrected chi connectivity index (χ4v) is 2.39. The second-order valence-corrected chi connectivity index (χ2v) is 5.01. The van der Waals surface area contributed by atoms with Crippen LogP contribution in [0, 0.1) is 0 Å². The number of imidazole rings is 1. The first kappa shape index (κ1) is 10.6. The molecule has 1 heterocycles. The summed E-state index contributed by atoms with van der Waals surface area (Å²) in [5.74, 6) is 1.10. The van der Waals surface area contributed by atoms with Gasteiger partial charge < -0.3 is 9.88 Å². The molecule has 1 aliphatic rings. The average Bonchev–Trinajstić information content (AvgIpc) is 2.94. The lowest BCUT2D eigenvalue weighted by atomic mass is 10.5. The Hall–Kier alpha value is 0.130. The molecule has 0 unspecified atom stereocenters. The summed E-state index contributed by atoms with van der Waals surface area (Å²) in [6.07, 6.45) is 2.63. The van der Waals surface area contributed by atoms with Gasteiger partial charge in [-0.15, -0.1) is 0 Å². The molecule has 1 fully saturated rings. The standard InChI is InChI=1S/C9H13Br2N3/c1-2-14-7(5-12-6-3-4-6)13-8(10)9(14)11/h6,12H,2-5H2,1H3. The van der Waals surface area contributed by atoms with E-state index in [1.54, 1.807) is 0 Å². The van der Waals surface area contributed by atoms with E-state index in [1.807, 2.05) is 0 Å². The zero-order valence-electron chi connectivity index (χ0n) is 8.06. The summed E-state index contributed by atoms with van der Waals surface area (Å²) in [6.45, 7) is 3.93. The monoisotopic (exact) mass is 321 g/mol. The summed E-state index contributed by atoms with van der Waals surface area (Å²) in [5, 5.41) is 3.46. The highest BCUT2D eigenvalue weighted by molar-refractivity contribution is 9.13. The highest BCUT2D eigenvalue weighted by Gasteiger charge is 2.21. The van der Waals surface area contributed by atoms with Crippen LogP contribution in [-0.2, 0) is 13.1 Å². The van der Waals surface area contributed by atoms with Crippen LogP contribution in [0.2, 0.25) is 0 Å². The molecule has 1 aliphatic carbocycles. The third kappa shape index (κ3) is 2.20. The van der Waals surface area contributed by atoms with Crippen LogP contribution in [0.15, 0.2) is 9.21 Å². The maximum atomic E-state index is 4.45. The van der Waals surface area contributed by atoms with E-state index < -0.39 is 0 Å². The molecule has 0 aromatic carbocycles. The molecule has 1 aromatic rings. The van der Waals surface area contributed by atoms with Gasteiger partial charge in [-0.25, -0.2) is 4.98 Å². The minimum absolute atomic E-state index is 0.731. The molecular weight excluding hydrogens is 310 g/mol. The van der Waals surface area contributed by atoms with E-state index in [0.717, 1.165) is 34.2 Å². The number of halogens is 2. The predicted molar refractivity (Wildman–Crippen MR) is 63.2 cm³/mol. The van der Waals surface area contributed by atoms with Crippen LogP contribution >= 0.6 is 31.9 Å². The number of nitrogens with one attached hydrogen (secondary N) is 1. The molecule has 1 N–H and O–H groups in total. The average molecular weight is 323 g/mol. The number of hydrogen-bond acceptors (Lipinski definition) is 2. The summed E-state index contributed by atoms with van der Waals surface area (Å²) in [5.41, 5.74) is 0. The zero-order valence-corrected chi connectivity index (χ0v) is 11.2. The van der Waals surface area contributed by atoms with E-state index in [4.69, 9.17) is 0 Å². The second kappa shape index (κ2) is 4.33. The normalized spacial score (nSPS) is 16.2. The maximum absolute atomic E-state index is 4.45. The van der Waals surface area contributed by atoms with Crippen molar-refractivity contribution in [2.75, 3.05) is 0 Å². The summed E-state index contributed by atoms with van der Waals surface area (Å²) in [7, 11) is 0. The molecule has 78 valence electrons. The van der Waals surface area contributed by atoms with Gasteiger partial charge in [-0.1, -0.05) is 0 Å². The summed E-state index contributed by atoms with van der Waals surface area (Å²) in [4.78, 5) is 4.45. The van der Waals surface area contributed by atoms with E-state index in [2.05, 4.69) is 53.7 Å². The van der Waals surface area contributed by atoms with Crippen LogP contribution in [0.1, 0.15) is 25.6 Å². The molecule has 0 atom stereocenters. The van der Waals surface area contributed by atoms with E-state index in [1.165, 1.54) is 12.8 Å². The topological polar surface area (TPSA) is 29.9 Å². The quantitative estimate of drug-likeness (QED) is 0.923. The first-order chi connectivity index (χ1) is 6.72. The van der Waals surface area contributed by atoms with Gasteiger partial charge in [-0.2, -0.15) is 0 Å². The number of aromatic nitrogens is 2. The van der Waals surface area contributed by atoms with E-state index >= 15 is 0 Å². The van der Waals surface area contributed by atoms with Crippen LogP contribution in [0.4, 0.5) is 0 Å². The van der Waals surface area contributed by atoms with Crippen molar-refractivity contribution in [3.05, 3.63) is 15.0 Å². The Bertz CT molecular complexity index is 331. The molecule has 5 heteroatoms. The fourth-order valence-electron chi connectivity index (χ4n) is 1.42. The van der Waals surface area contributed by atoms with Gasteiger partial charge in [0.25, 0.3) is 0 Å². The minimum atomic E-state index is 0.731. The summed E-state index contributed by atoms with van der Waals surface area (Å²) >= 11 is 6.93. The third-order valence-electron chi connectivity index (χ3n) is 2.39. The van der Waals surface area contributed by atoms with Gasteiger partial charge in [0.2, 0.25) is 0 Å². The number of rotatable bonds is 4. The van der Waals surface area contributed by atoms with Crippen molar-refractivity contribution in [2.45, 2.75) is 38.9 Å². The van der Waals surface area contributed by atoms with Crippen LogP contribution in [0.25, 0.3) is 0 Å². The summed E-state index contributed by atoms with van der Waals surface area (Å²) in [6, 6.07) is 0.731. The molecule has 0 saturated heterocycles. The fraction of sp³-hybridized carbons (Fsp3) is 0.667. The van der Waals surface area contributed by atoms with Crippen molar-refractivity contribution in [3.8, 4) is 0 Å². The third-order valence-corrected chi connectivity index (χ3v) is 4.28. The summed E-state index contributed by atoms with van der Waals surface area (Å²) < 4.78 is 4.10. The highest BCUT2D eigenvalue weighted by Crippen LogP contribution is 2.25. The van der Waals surface area contributed by atoms with Crippen molar-refractivity contribution < 1.29 is 0 Å². The number of hydrogen-bond donors (Lipinski definition) is 1. The van der Waals surface area contributed by atoms with Crippen molar-refractivity contribution in [1.29, 1.82) is 0 Å². The van der Waals surface area contributed by atoms with Crippen molar-refractivity contribution >= 4 is 31.9 Å². The lowest BCUT2D eigenvalue weighted by molar-refractivity contribution is 0.605. The second-order valence-electron chi connectivity index (χ2n) is 3.51. The van der Waals surface area contributed by atoms with Crippen LogP contribution in [-0.4, -0.2) is 15.6 Å². The Morgan fingerprint density at radius 3 is 2.79 bits per heavy atom.